The Hall–Kier alpha value is -2.29. The van der Waals surface area contributed by atoms with E-state index in [0.717, 1.165) is 64.5 Å². The highest BCUT2D eigenvalue weighted by Gasteiger charge is 2.56. The van der Waals surface area contributed by atoms with Crippen molar-refractivity contribution in [1.29, 1.82) is 0 Å². The number of nitrogens with zero attached hydrogens (tertiary/aromatic N) is 1. The Kier molecular flexibility index (Phi) is 5.55. The molecule has 0 unspecified atom stereocenters. The highest BCUT2D eigenvalue weighted by molar-refractivity contribution is 5.83. The van der Waals surface area contributed by atoms with Crippen LogP contribution in [0.4, 0.5) is 0 Å². The lowest BCUT2D eigenvalue weighted by molar-refractivity contribution is -0.152. The van der Waals surface area contributed by atoms with Gasteiger partial charge < -0.3 is 10.0 Å². The molecule has 3 heteroatoms. The number of benzene rings is 2. The summed E-state index contributed by atoms with van der Waals surface area (Å²) in [5.41, 5.74) is 3.73. The Bertz CT molecular complexity index is 978. The van der Waals surface area contributed by atoms with Crippen LogP contribution in [0, 0.1) is 17.3 Å². The number of likely N-dealkylation sites (tertiary alicyclic amines) is 1. The van der Waals surface area contributed by atoms with Crippen LogP contribution in [0.25, 0.3) is 0 Å². The molecule has 0 bridgehead atoms. The van der Waals surface area contributed by atoms with E-state index in [1.165, 1.54) is 16.7 Å². The van der Waals surface area contributed by atoms with Crippen molar-refractivity contribution >= 4 is 5.91 Å². The lowest BCUT2D eigenvalue weighted by Gasteiger charge is -2.55. The summed E-state index contributed by atoms with van der Waals surface area (Å²) in [7, 11) is 0. The third-order valence-corrected chi connectivity index (χ3v) is 9.10. The van der Waals surface area contributed by atoms with E-state index in [9.17, 15) is 9.90 Å². The Morgan fingerprint density at radius 3 is 2.53 bits per heavy atom. The zero-order valence-electron chi connectivity index (χ0n) is 19.6. The minimum absolute atomic E-state index is 0.0272. The number of carbonyl (C=O) groups is 1. The molecule has 2 aliphatic carbocycles. The monoisotopic (exact) mass is 431 g/mol. The number of amides is 1. The molecule has 2 aromatic carbocycles. The van der Waals surface area contributed by atoms with E-state index in [2.05, 4.69) is 55.1 Å². The van der Waals surface area contributed by atoms with Gasteiger partial charge in [0.25, 0.3) is 0 Å². The number of hydrogen-bond acceptors (Lipinski definition) is 2. The minimum Gasteiger partial charge on any atom is -0.508 e. The molecule has 2 aromatic rings. The number of piperidine rings is 1. The van der Waals surface area contributed by atoms with E-state index in [-0.39, 0.29) is 10.8 Å². The highest BCUT2D eigenvalue weighted by Crippen LogP contribution is 2.58. The maximum atomic E-state index is 14.0. The molecule has 0 radical (unpaired) electrons. The first kappa shape index (κ1) is 21.6. The predicted molar refractivity (Wildman–Crippen MR) is 129 cm³/mol. The fourth-order valence-electron chi connectivity index (χ4n) is 7.35. The van der Waals surface area contributed by atoms with Crippen molar-refractivity contribution in [1.82, 2.24) is 4.90 Å². The summed E-state index contributed by atoms with van der Waals surface area (Å²) in [5.74, 6) is 1.75. The van der Waals surface area contributed by atoms with Gasteiger partial charge in [0, 0.05) is 13.1 Å². The molecule has 3 aliphatic rings. The fourth-order valence-corrected chi connectivity index (χ4v) is 7.35. The van der Waals surface area contributed by atoms with Gasteiger partial charge in [0.05, 0.1) is 5.41 Å². The first-order valence-corrected chi connectivity index (χ1v) is 12.6. The molecule has 0 aromatic heterocycles. The smallest absolute Gasteiger partial charge is 0.228 e. The van der Waals surface area contributed by atoms with E-state index in [1.54, 1.807) is 0 Å². The van der Waals surface area contributed by atoms with Crippen LogP contribution in [-0.4, -0.2) is 29.0 Å². The van der Waals surface area contributed by atoms with Crippen LogP contribution in [-0.2, 0) is 23.1 Å². The zero-order valence-corrected chi connectivity index (χ0v) is 19.6. The van der Waals surface area contributed by atoms with Gasteiger partial charge >= 0.3 is 0 Å². The summed E-state index contributed by atoms with van der Waals surface area (Å²) in [4.78, 5) is 16.2. The van der Waals surface area contributed by atoms with E-state index in [1.807, 2.05) is 12.1 Å². The molecule has 5 rings (SSSR count). The number of phenols is 1. The molecule has 3 atom stereocenters. The molecule has 1 saturated heterocycles. The van der Waals surface area contributed by atoms with Gasteiger partial charge in [0.1, 0.15) is 5.75 Å². The van der Waals surface area contributed by atoms with Gasteiger partial charge in [-0.3, -0.25) is 4.79 Å². The van der Waals surface area contributed by atoms with Crippen molar-refractivity contribution in [3.05, 3.63) is 65.2 Å². The third-order valence-electron chi connectivity index (χ3n) is 9.10. The standard InChI is InChI=1S/C29H37NO2/c1-28-15-6-16-29(2,26(28)12-10-23-9-11-24(31)20-25(23)28)27(32)30-17-13-22(14-18-30)19-21-7-4-3-5-8-21/h3-5,7-9,11,20,22,26,31H,6,10,12-19H2,1-2H3/t26-,28-,29-/m1/s1. The number of aromatic hydroxyl groups is 1. The average Bonchev–Trinajstić information content (AvgIpc) is 2.80. The van der Waals surface area contributed by atoms with E-state index >= 15 is 0 Å². The van der Waals surface area contributed by atoms with Crippen LogP contribution >= 0.6 is 0 Å². The Morgan fingerprint density at radius 1 is 1.03 bits per heavy atom. The minimum atomic E-state index is -0.303. The van der Waals surface area contributed by atoms with Gasteiger partial charge in [-0.2, -0.15) is 0 Å². The lowest BCUT2D eigenvalue weighted by Crippen LogP contribution is -2.57. The summed E-state index contributed by atoms with van der Waals surface area (Å²) in [6, 6.07) is 16.7. The molecule has 0 spiro atoms. The summed E-state index contributed by atoms with van der Waals surface area (Å²) in [5, 5.41) is 10.2. The van der Waals surface area contributed by atoms with Crippen molar-refractivity contribution in [2.75, 3.05) is 13.1 Å². The summed E-state index contributed by atoms with van der Waals surface area (Å²) < 4.78 is 0. The largest absolute Gasteiger partial charge is 0.508 e. The van der Waals surface area contributed by atoms with Crippen molar-refractivity contribution in [3.8, 4) is 5.75 Å². The first-order chi connectivity index (χ1) is 15.4. The molecule has 1 amide bonds. The van der Waals surface area contributed by atoms with Gasteiger partial charge in [-0.25, -0.2) is 0 Å². The topological polar surface area (TPSA) is 40.5 Å². The number of carbonyl (C=O) groups excluding carboxylic acids is 1. The molecule has 2 fully saturated rings. The molecule has 1 heterocycles. The molecule has 32 heavy (non-hydrogen) atoms. The average molecular weight is 432 g/mol. The number of aryl methyl sites for hydroxylation is 1. The molecule has 3 nitrogen and oxygen atoms in total. The van der Waals surface area contributed by atoms with Crippen LogP contribution in [0.2, 0.25) is 0 Å². The quantitative estimate of drug-likeness (QED) is 0.659. The predicted octanol–water partition coefficient (Wildman–Crippen LogP) is 5.88. The normalized spacial score (nSPS) is 30.4. The van der Waals surface area contributed by atoms with E-state index in [4.69, 9.17) is 0 Å². The molecular weight excluding hydrogens is 394 g/mol. The van der Waals surface area contributed by atoms with Crippen LogP contribution < -0.4 is 0 Å². The van der Waals surface area contributed by atoms with Crippen LogP contribution in [0.1, 0.15) is 69.1 Å². The number of phenolic OH excluding ortho intramolecular Hbond substituents is 1. The fraction of sp³-hybridized carbons (Fsp3) is 0.552. The second-order valence-corrected chi connectivity index (χ2v) is 11.0. The van der Waals surface area contributed by atoms with Gasteiger partial charge in [0.2, 0.25) is 5.91 Å². The van der Waals surface area contributed by atoms with Crippen molar-refractivity contribution in [2.45, 2.75) is 70.6 Å². The molecular formula is C29H37NO2. The van der Waals surface area contributed by atoms with Crippen LogP contribution in [0.15, 0.2) is 48.5 Å². The SMILES string of the molecule is C[C@@]1(C(=O)N2CCC(Cc3ccccc3)CC2)CCC[C@]2(C)c3cc(O)ccc3CC[C@@H]12. The van der Waals surface area contributed by atoms with Gasteiger partial charge in [-0.1, -0.05) is 56.7 Å². The van der Waals surface area contributed by atoms with Crippen molar-refractivity contribution in [2.24, 2.45) is 17.3 Å². The van der Waals surface area contributed by atoms with Crippen molar-refractivity contribution in [3.63, 3.8) is 0 Å². The van der Waals surface area contributed by atoms with E-state index in [0.29, 0.717) is 23.5 Å². The summed E-state index contributed by atoms with van der Waals surface area (Å²) >= 11 is 0. The summed E-state index contributed by atoms with van der Waals surface area (Å²) in [6.07, 6.45) is 8.60. The zero-order chi connectivity index (χ0) is 22.3. The van der Waals surface area contributed by atoms with Crippen LogP contribution in [0.5, 0.6) is 5.75 Å². The molecule has 170 valence electrons. The third kappa shape index (κ3) is 3.64. The van der Waals surface area contributed by atoms with E-state index < -0.39 is 0 Å². The van der Waals surface area contributed by atoms with Gasteiger partial charge in [-0.05, 0) is 91.0 Å². The second kappa shape index (κ2) is 8.24. The highest BCUT2D eigenvalue weighted by atomic mass is 16.3. The summed E-state index contributed by atoms with van der Waals surface area (Å²) in [6.45, 7) is 6.40. The molecule has 1 N–H and O–H groups in total. The Balaban J connectivity index is 1.32. The maximum Gasteiger partial charge on any atom is 0.228 e. The number of fused-ring (bicyclic) bond motifs is 3. The number of rotatable bonds is 3. The molecule has 1 aliphatic heterocycles. The van der Waals surface area contributed by atoms with Crippen LogP contribution in [0.3, 0.4) is 0 Å². The Morgan fingerprint density at radius 2 is 1.78 bits per heavy atom. The first-order valence-electron chi connectivity index (χ1n) is 12.6. The maximum absolute atomic E-state index is 14.0. The van der Waals surface area contributed by atoms with Gasteiger partial charge in [-0.15, -0.1) is 0 Å². The molecule has 1 saturated carbocycles. The van der Waals surface area contributed by atoms with Crippen molar-refractivity contribution < 1.29 is 9.90 Å². The Labute approximate surface area is 192 Å². The number of hydrogen-bond donors (Lipinski definition) is 1. The second-order valence-electron chi connectivity index (χ2n) is 11.0. The van der Waals surface area contributed by atoms with Gasteiger partial charge in [0.15, 0.2) is 0 Å². The lowest BCUT2D eigenvalue weighted by atomic mass is 9.49.